The maximum atomic E-state index is 8.37. The molecular weight excluding hydrogens is 346 g/mol. The van der Waals surface area contributed by atoms with Crippen LogP contribution >= 0.6 is 0 Å². The van der Waals surface area contributed by atoms with Gasteiger partial charge in [-0.1, -0.05) is 48.5 Å². The Hall–Kier alpha value is -3.53. The number of fused-ring (bicyclic) bond motifs is 1. The second kappa shape index (κ2) is 6.27. The van der Waals surface area contributed by atoms with Gasteiger partial charge in [-0.2, -0.15) is 0 Å². The Bertz CT molecular complexity index is 1250. The summed E-state index contributed by atoms with van der Waals surface area (Å²) in [5.74, 6) is 0.823. The van der Waals surface area contributed by atoms with Gasteiger partial charge in [0, 0.05) is 10.8 Å². The van der Waals surface area contributed by atoms with Crippen molar-refractivity contribution in [2.45, 2.75) is 12.8 Å². The molecule has 0 aromatic heterocycles. The van der Waals surface area contributed by atoms with Crippen molar-refractivity contribution in [1.29, 1.82) is 5.41 Å². The molecule has 0 saturated carbocycles. The van der Waals surface area contributed by atoms with Gasteiger partial charge in [-0.25, -0.2) is 0 Å². The normalized spacial score (nSPS) is 12.5. The standard InChI is InChI=1S/C24H21N3O/c1-28-22-14-13-20(17-7-2-3-8-18(17)22)27(24(25)26)21-12-10-16-6-4-5-15-9-11-19(21)23(15)16/h2-8,10,12-14H,9,11H2,1H3,(H3,25,26). The minimum atomic E-state index is 0.00954. The van der Waals surface area contributed by atoms with E-state index < -0.39 is 0 Å². The Morgan fingerprint density at radius 1 is 0.893 bits per heavy atom. The number of nitrogens with one attached hydrogen (secondary N) is 1. The van der Waals surface area contributed by atoms with Crippen LogP contribution in [-0.2, 0) is 12.8 Å². The quantitative estimate of drug-likeness (QED) is 0.390. The van der Waals surface area contributed by atoms with Gasteiger partial charge in [-0.05, 0) is 52.9 Å². The molecule has 0 bridgehead atoms. The highest BCUT2D eigenvalue weighted by Crippen LogP contribution is 2.42. The van der Waals surface area contributed by atoms with Crippen LogP contribution in [0.15, 0.2) is 66.7 Å². The minimum absolute atomic E-state index is 0.00954. The third-order valence-corrected chi connectivity index (χ3v) is 5.66. The molecule has 0 aliphatic heterocycles. The number of anilines is 2. The van der Waals surface area contributed by atoms with Crippen LogP contribution in [0.3, 0.4) is 0 Å². The summed E-state index contributed by atoms with van der Waals surface area (Å²) in [6, 6.07) is 22.7. The molecular formula is C24H21N3O. The number of hydrogen-bond acceptors (Lipinski definition) is 2. The maximum absolute atomic E-state index is 8.37. The topological polar surface area (TPSA) is 62.3 Å². The van der Waals surface area contributed by atoms with Crippen molar-refractivity contribution in [3.63, 3.8) is 0 Å². The van der Waals surface area contributed by atoms with Gasteiger partial charge in [0.15, 0.2) is 5.96 Å². The number of rotatable bonds is 3. The number of nitrogens with two attached hydrogens (primary N) is 1. The Morgan fingerprint density at radius 2 is 1.68 bits per heavy atom. The molecule has 138 valence electrons. The zero-order chi connectivity index (χ0) is 19.3. The lowest BCUT2D eigenvalue weighted by Crippen LogP contribution is -2.33. The molecule has 0 spiro atoms. The molecule has 4 heteroatoms. The van der Waals surface area contributed by atoms with E-state index in [1.54, 1.807) is 7.11 Å². The van der Waals surface area contributed by atoms with Crippen LogP contribution in [0, 0.1) is 5.41 Å². The summed E-state index contributed by atoms with van der Waals surface area (Å²) >= 11 is 0. The van der Waals surface area contributed by atoms with E-state index in [9.17, 15) is 0 Å². The lowest BCUT2D eigenvalue weighted by molar-refractivity contribution is 0.420. The predicted octanol–water partition coefficient (Wildman–Crippen LogP) is 5.13. The fourth-order valence-electron chi connectivity index (χ4n) is 4.47. The number of aryl methyl sites for hydroxylation is 2. The number of ether oxygens (including phenoxy) is 1. The van der Waals surface area contributed by atoms with Gasteiger partial charge in [-0.15, -0.1) is 0 Å². The average Bonchev–Trinajstić information content (AvgIpc) is 3.15. The number of nitrogens with zero attached hydrogens (tertiary/aromatic N) is 1. The number of hydrogen-bond donors (Lipinski definition) is 2. The first-order chi connectivity index (χ1) is 13.7. The number of guanidine groups is 1. The maximum Gasteiger partial charge on any atom is 0.197 e. The summed E-state index contributed by atoms with van der Waals surface area (Å²) in [5.41, 5.74) is 10.6. The second-order valence-corrected chi connectivity index (χ2v) is 7.13. The lowest BCUT2D eigenvalue weighted by Gasteiger charge is -2.27. The molecule has 0 heterocycles. The Labute approximate surface area is 163 Å². The molecule has 5 rings (SSSR count). The predicted molar refractivity (Wildman–Crippen MR) is 116 cm³/mol. The van der Waals surface area contributed by atoms with E-state index in [1.165, 1.54) is 21.9 Å². The van der Waals surface area contributed by atoms with E-state index in [2.05, 4.69) is 36.4 Å². The molecule has 1 aliphatic carbocycles. The van der Waals surface area contributed by atoms with E-state index in [-0.39, 0.29) is 5.96 Å². The molecule has 0 fully saturated rings. The first-order valence-corrected chi connectivity index (χ1v) is 9.42. The van der Waals surface area contributed by atoms with Crippen molar-refractivity contribution in [2.75, 3.05) is 12.0 Å². The Kier molecular flexibility index (Phi) is 3.72. The van der Waals surface area contributed by atoms with Gasteiger partial charge < -0.3 is 10.5 Å². The molecule has 3 N–H and O–H groups in total. The van der Waals surface area contributed by atoms with E-state index in [0.717, 1.165) is 40.7 Å². The van der Waals surface area contributed by atoms with Gasteiger partial charge in [0.05, 0.1) is 18.5 Å². The SMILES string of the molecule is COc1ccc(N(C(=N)N)c2ccc3cccc4c3c2CC4)c2ccccc12. The summed E-state index contributed by atoms with van der Waals surface area (Å²) in [6.07, 6.45) is 1.99. The van der Waals surface area contributed by atoms with Crippen molar-refractivity contribution in [1.82, 2.24) is 0 Å². The summed E-state index contributed by atoms with van der Waals surface area (Å²) in [7, 11) is 1.68. The van der Waals surface area contributed by atoms with E-state index in [4.69, 9.17) is 15.9 Å². The fraction of sp³-hybridized carbons (Fsp3) is 0.125. The fourth-order valence-corrected chi connectivity index (χ4v) is 4.47. The first kappa shape index (κ1) is 16.6. The van der Waals surface area contributed by atoms with Crippen LogP contribution in [0.25, 0.3) is 21.5 Å². The molecule has 4 nitrogen and oxygen atoms in total. The highest BCUT2D eigenvalue weighted by Gasteiger charge is 2.24. The third-order valence-electron chi connectivity index (χ3n) is 5.66. The van der Waals surface area contributed by atoms with E-state index in [1.807, 2.05) is 35.2 Å². The summed E-state index contributed by atoms with van der Waals surface area (Å²) in [5, 5.41) is 12.9. The number of methoxy groups -OCH3 is 1. The molecule has 0 radical (unpaired) electrons. The van der Waals surface area contributed by atoms with Gasteiger partial charge in [0.25, 0.3) is 0 Å². The van der Waals surface area contributed by atoms with Crippen molar-refractivity contribution < 1.29 is 4.74 Å². The molecule has 0 saturated heterocycles. The summed E-state index contributed by atoms with van der Waals surface area (Å²) in [4.78, 5) is 1.86. The zero-order valence-corrected chi connectivity index (χ0v) is 15.7. The molecule has 0 unspecified atom stereocenters. The van der Waals surface area contributed by atoms with Crippen molar-refractivity contribution in [2.24, 2.45) is 5.73 Å². The smallest absolute Gasteiger partial charge is 0.197 e. The largest absolute Gasteiger partial charge is 0.496 e. The Morgan fingerprint density at radius 3 is 2.46 bits per heavy atom. The molecule has 0 atom stereocenters. The van der Waals surface area contributed by atoms with Gasteiger partial charge in [0.1, 0.15) is 5.75 Å². The van der Waals surface area contributed by atoms with E-state index >= 15 is 0 Å². The number of benzene rings is 4. The van der Waals surface area contributed by atoms with Crippen LogP contribution in [-0.4, -0.2) is 13.1 Å². The first-order valence-electron chi connectivity index (χ1n) is 9.42. The highest BCUT2D eigenvalue weighted by molar-refractivity contribution is 6.11. The average molecular weight is 367 g/mol. The van der Waals surface area contributed by atoms with Gasteiger partial charge in [-0.3, -0.25) is 10.3 Å². The van der Waals surface area contributed by atoms with Crippen LogP contribution in [0.2, 0.25) is 0 Å². The lowest BCUT2D eigenvalue weighted by atomic mass is 10.0. The molecule has 4 aromatic rings. The monoisotopic (exact) mass is 367 g/mol. The van der Waals surface area contributed by atoms with Crippen molar-refractivity contribution in [3.05, 3.63) is 77.9 Å². The summed E-state index contributed by atoms with van der Waals surface area (Å²) < 4.78 is 5.54. The van der Waals surface area contributed by atoms with E-state index in [0.29, 0.717) is 0 Å². The summed E-state index contributed by atoms with van der Waals surface area (Å²) in [6.45, 7) is 0. The van der Waals surface area contributed by atoms with Crippen molar-refractivity contribution in [3.8, 4) is 5.75 Å². The second-order valence-electron chi connectivity index (χ2n) is 7.13. The van der Waals surface area contributed by atoms with Crippen LogP contribution in [0.1, 0.15) is 11.1 Å². The van der Waals surface area contributed by atoms with Gasteiger partial charge >= 0.3 is 0 Å². The minimum Gasteiger partial charge on any atom is -0.496 e. The van der Waals surface area contributed by atoms with Crippen LogP contribution in [0.5, 0.6) is 5.75 Å². The van der Waals surface area contributed by atoms with Gasteiger partial charge in [0.2, 0.25) is 0 Å². The van der Waals surface area contributed by atoms with Crippen LogP contribution < -0.4 is 15.4 Å². The molecule has 4 aromatic carbocycles. The Balaban J connectivity index is 1.79. The molecule has 1 aliphatic rings. The van der Waals surface area contributed by atoms with Crippen LogP contribution in [0.4, 0.5) is 11.4 Å². The molecule has 28 heavy (non-hydrogen) atoms. The molecule has 0 amide bonds. The highest BCUT2D eigenvalue weighted by atomic mass is 16.5. The third kappa shape index (κ3) is 2.34. The zero-order valence-electron chi connectivity index (χ0n) is 15.7. The van der Waals surface area contributed by atoms with Crippen molar-refractivity contribution >= 4 is 38.9 Å².